The Kier molecular flexibility index (Phi) is 3.77. The molecule has 0 unspecified atom stereocenters. The summed E-state index contributed by atoms with van der Waals surface area (Å²) in [6.07, 6.45) is 3.33. The first-order valence-electron chi connectivity index (χ1n) is 6.90. The van der Waals surface area contributed by atoms with Gasteiger partial charge in [0.15, 0.2) is 5.78 Å². The number of fused-ring (bicyclic) bond motifs is 1. The smallest absolute Gasteiger partial charge is 0.185 e. The van der Waals surface area contributed by atoms with Crippen LogP contribution >= 0.6 is 11.3 Å². The van der Waals surface area contributed by atoms with Crippen molar-refractivity contribution < 1.29 is 9.90 Å². The number of carbonyl (C=O) groups excluding carboxylic acids is 1. The molecular formula is C18H15NO2S. The number of thiazole rings is 1. The Labute approximate surface area is 132 Å². The fourth-order valence-electron chi connectivity index (χ4n) is 2.36. The van der Waals surface area contributed by atoms with Gasteiger partial charge in [-0.1, -0.05) is 6.08 Å². The Hall–Kier alpha value is -2.46. The quantitative estimate of drug-likeness (QED) is 0.572. The Balaban J connectivity index is 1.86. The van der Waals surface area contributed by atoms with Crippen LogP contribution in [-0.2, 0) is 0 Å². The zero-order valence-corrected chi connectivity index (χ0v) is 13.1. The van der Waals surface area contributed by atoms with Crippen molar-refractivity contribution in [3.8, 4) is 5.75 Å². The number of ketones is 1. The predicted octanol–water partition coefficient (Wildman–Crippen LogP) is 4.51. The van der Waals surface area contributed by atoms with E-state index in [0.29, 0.717) is 11.3 Å². The summed E-state index contributed by atoms with van der Waals surface area (Å²) in [6.45, 7) is 3.69. The zero-order chi connectivity index (χ0) is 15.7. The molecule has 0 aliphatic heterocycles. The number of benzene rings is 2. The molecule has 3 nitrogen and oxygen atoms in total. The molecule has 0 amide bonds. The summed E-state index contributed by atoms with van der Waals surface area (Å²) < 4.78 is 1.07. The molecule has 1 N–H and O–H groups in total. The minimum Gasteiger partial charge on any atom is -0.507 e. The average Bonchev–Trinajstić information content (AvgIpc) is 2.97. The topological polar surface area (TPSA) is 50.2 Å². The normalized spacial score (nSPS) is 11.4. The number of rotatable bonds is 3. The van der Waals surface area contributed by atoms with Crippen LogP contribution in [0.5, 0.6) is 5.75 Å². The van der Waals surface area contributed by atoms with Crippen LogP contribution in [0.15, 0.2) is 41.9 Å². The second-order valence-electron chi connectivity index (χ2n) is 5.24. The maximum atomic E-state index is 12.3. The van der Waals surface area contributed by atoms with Gasteiger partial charge in [0.1, 0.15) is 5.75 Å². The SMILES string of the molecule is Cc1cc(/C=C/C(=O)c2ccc3scnc3c2)cc(C)c1O. The van der Waals surface area contributed by atoms with E-state index in [4.69, 9.17) is 0 Å². The van der Waals surface area contributed by atoms with Crippen LogP contribution < -0.4 is 0 Å². The van der Waals surface area contributed by atoms with Crippen molar-refractivity contribution in [1.29, 1.82) is 0 Å². The molecule has 0 atom stereocenters. The molecule has 0 aliphatic rings. The van der Waals surface area contributed by atoms with Crippen molar-refractivity contribution >= 4 is 33.4 Å². The lowest BCUT2D eigenvalue weighted by Crippen LogP contribution is -1.93. The molecule has 3 aromatic rings. The first-order chi connectivity index (χ1) is 10.5. The molecule has 1 heterocycles. The van der Waals surface area contributed by atoms with Crippen molar-refractivity contribution in [2.45, 2.75) is 13.8 Å². The second kappa shape index (κ2) is 5.73. The average molecular weight is 309 g/mol. The van der Waals surface area contributed by atoms with Crippen LogP contribution in [-0.4, -0.2) is 15.9 Å². The van der Waals surface area contributed by atoms with Crippen LogP contribution in [0.3, 0.4) is 0 Å². The fourth-order valence-corrected chi connectivity index (χ4v) is 3.02. The van der Waals surface area contributed by atoms with Gasteiger partial charge in [-0.05, 0) is 66.9 Å². The van der Waals surface area contributed by atoms with E-state index in [2.05, 4.69) is 4.98 Å². The van der Waals surface area contributed by atoms with Gasteiger partial charge in [0.25, 0.3) is 0 Å². The number of carbonyl (C=O) groups is 1. The highest BCUT2D eigenvalue weighted by Crippen LogP contribution is 2.24. The number of hydrogen-bond acceptors (Lipinski definition) is 4. The molecule has 4 heteroatoms. The number of phenols is 1. The lowest BCUT2D eigenvalue weighted by atomic mass is 10.0. The molecule has 22 heavy (non-hydrogen) atoms. The van der Waals surface area contributed by atoms with Crippen molar-refractivity contribution in [1.82, 2.24) is 4.98 Å². The highest BCUT2D eigenvalue weighted by atomic mass is 32.1. The second-order valence-corrected chi connectivity index (χ2v) is 6.12. The lowest BCUT2D eigenvalue weighted by molar-refractivity contribution is 0.104. The molecule has 1 aromatic heterocycles. The van der Waals surface area contributed by atoms with Gasteiger partial charge in [-0.25, -0.2) is 4.98 Å². The van der Waals surface area contributed by atoms with E-state index in [0.717, 1.165) is 26.9 Å². The van der Waals surface area contributed by atoms with Crippen LogP contribution in [0.2, 0.25) is 0 Å². The zero-order valence-electron chi connectivity index (χ0n) is 12.3. The van der Waals surface area contributed by atoms with Crippen LogP contribution in [0.4, 0.5) is 0 Å². The molecule has 0 bridgehead atoms. The van der Waals surface area contributed by atoms with Gasteiger partial charge in [0, 0.05) is 5.56 Å². The van der Waals surface area contributed by atoms with Crippen molar-refractivity contribution in [2.75, 3.05) is 0 Å². The Morgan fingerprint density at radius 3 is 2.64 bits per heavy atom. The first kappa shape index (κ1) is 14.5. The molecule has 0 fully saturated rings. The highest BCUT2D eigenvalue weighted by Gasteiger charge is 2.06. The molecule has 110 valence electrons. The third kappa shape index (κ3) is 2.78. The number of aromatic nitrogens is 1. The van der Waals surface area contributed by atoms with Gasteiger partial charge in [0.05, 0.1) is 15.7 Å². The van der Waals surface area contributed by atoms with E-state index in [1.54, 1.807) is 29.0 Å². The van der Waals surface area contributed by atoms with Crippen LogP contribution in [0.25, 0.3) is 16.3 Å². The van der Waals surface area contributed by atoms with Gasteiger partial charge >= 0.3 is 0 Å². The van der Waals surface area contributed by atoms with Crippen LogP contribution in [0, 0.1) is 13.8 Å². The predicted molar refractivity (Wildman–Crippen MR) is 90.6 cm³/mol. The van der Waals surface area contributed by atoms with Gasteiger partial charge in [0.2, 0.25) is 0 Å². The molecule has 3 rings (SSSR count). The molecule has 0 saturated carbocycles. The molecule has 0 spiro atoms. The summed E-state index contributed by atoms with van der Waals surface area (Å²) in [6, 6.07) is 9.26. The van der Waals surface area contributed by atoms with Gasteiger partial charge in [-0.3, -0.25) is 4.79 Å². The van der Waals surface area contributed by atoms with Crippen molar-refractivity contribution in [2.24, 2.45) is 0 Å². The van der Waals surface area contributed by atoms with E-state index in [1.807, 2.05) is 44.2 Å². The molecule has 0 aliphatic carbocycles. The van der Waals surface area contributed by atoms with Gasteiger partial charge in [-0.15, -0.1) is 11.3 Å². The third-order valence-electron chi connectivity index (χ3n) is 3.56. The molecule has 0 saturated heterocycles. The van der Waals surface area contributed by atoms with E-state index in [-0.39, 0.29) is 5.78 Å². The van der Waals surface area contributed by atoms with E-state index in [1.165, 1.54) is 0 Å². The largest absolute Gasteiger partial charge is 0.507 e. The summed E-state index contributed by atoms with van der Waals surface area (Å²) in [5.41, 5.74) is 5.75. The maximum Gasteiger partial charge on any atom is 0.185 e. The summed E-state index contributed by atoms with van der Waals surface area (Å²) in [5.74, 6) is 0.246. The Morgan fingerprint density at radius 1 is 1.18 bits per heavy atom. The van der Waals surface area contributed by atoms with Crippen LogP contribution in [0.1, 0.15) is 27.0 Å². The highest BCUT2D eigenvalue weighted by molar-refractivity contribution is 7.16. The summed E-state index contributed by atoms with van der Waals surface area (Å²) in [5, 5.41) is 9.77. The molecule has 2 aromatic carbocycles. The standard InChI is InChI=1S/C18H15NO2S/c1-11-7-13(8-12(2)18(11)21)3-5-16(20)14-4-6-17-15(9-14)19-10-22-17/h3-10,21H,1-2H3/b5-3+. The fraction of sp³-hybridized carbons (Fsp3) is 0.111. The number of allylic oxidation sites excluding steroid dienone is 1. The number of aryl methyl sites for hydroxylation is 2. The maximum absolute atomic E-state index is 12.3. The summed E-state index contributed by atoms with van der Waals surface area (Å²) in [7, 11) is 0. The first-order valence-corrected chi connectivity index (χ1v) is 7.78. The number of phenolic OH excluding ortho intramolecular Hbond substituents is 1. The summed E-state index contributed by atoms with van der Waals surface area (Å²) >= 11 is 1.56. The van der Waals surface area contributed by atoms with E-state index >= 15 is 0 Å². The monoisotopic (exact) mass is 309 g/mol. The molecule has 0 radical (unpaired) electrons. The van der Waals surface area contributed by atoms with E-state index in [9.17, 15) is 9.90 Å². The number of nitrogens with zero attached hydrogens (tertiary/aromatic N) is 1. The Morgan fingerprint density at radius 2 is 1.91 bits per heavy atom. The Bertz CT molecular complexity index is 870. The lowest BCUT2D eigenvalue weighted by Gasteiger charge is -2.04. The molecular weight excluding hydrogens is 294 g/mol. The van der Waals surface area contributed by atoms with Gasteiger partial charge in [-0.2, -0.15) is 0 Å². The summed E-state index contributed by atoms with van der Waals surface area (Å²) in [4.78, 5) is 16.5. The number of aromatic hydroxyl groups is 1. The number of hydrogen-bond donors (Lipinski definition) is 1. The van der Waals surface area contributed by atoms with Crippen molar-refractivity contribution in [3.05, 3.63) is 64.2 Å². The minimum absolute atomic E-state index is 0.0571. The minimum atomic E-state index is -0.0571. The third-order valence-corrected chi connectivity index (χ3v) is 4.37. The van der Waals surface area contributed by atoms with Crippen molar-refractivity contribution in [3.63, 3.8) is 0 Å². The van der Waals surface area contributed by atoms with Gasteiger partial charge < -0.3 is 5.11 Å². The van der Waals surface area contributed by atoms with E-state index < -0.39 is 0 Å².